The number of aromatic nitrogens is 2. The number of carbonyl (C=O) groups is 1. The maximum atomic E-state index is 14.0. The van der Waals surface area contributed by atoms with E-state index < -0.39 is 10.0 Å². The Morgan fingerprint density at radius 2 is 1.89 bits per heavy atom. The van der Waals surface area contributed by atoms with E-state index in [0.717, 1.165) is 4.31 Å². The minimum Gasteiger partial charge on any atom is -0.445 e. The van der Waals surface area contributed by atoms with Crippen LogP contribution in [0.4, 0.5) is 5.82 Å². The van der Waals surface area contributed by atoms with Crippen LogP contribution in [0, 0.1) is 13.8 Å². The molecule has 0 N–H and O–H groups in total. The first-order valence-corrected chi connectivity index (χ1v) is 12.4. The molecule has 0 saturated heterocycles. The molecule has 188 valence electrons. The summed E-state index contributed by atoms with van der Waals surface area (Å²) < 4.78 is 50.2. The van der Waals surface area contributed by atoms with Crippen molar-refractivity contribution in [2.75, 3.05) is 31.4 Å². The van der Waals surface area contributed by atoms with Gasteiger partial charge in [0, 0.05) is 29.4 Å². The Labute approximate surface area is 208 Å². The molecule has 0 fully saturated rings. The number of aldehydes is 1. The minimum absolute atomic E-state index is 0.0210. The van der Waals surface area contributed by atoms with Crippen molar-refractivity contribution in [1.82, 2.24) is 10.1 Å². The molecular formula is C25H25N3O7S. The van der Waals surface area contributed by atoms with Crippen molar-refractivity contribution in [1.29, 1.82) is 0 Å². The fraction of sp³-hybridized carbons (Fsp3) is 0.240. The Hall–Kier alpha value is -3.80. The van der Waals surface area contributed by atoms with Crippen LogP contribution in [-0.4, -0.2) is 51.9 Å². The van der Waals surface area contributed by atoms with E-state index in [1.165, 1.54) is 25.6 Å². The molecule has 2 aromatic heterocycles. The van der Waals surface area contributed by atoms with E-state index in [-0.39, 0.29) is 29.6 Å². The summed E-state index contributed by atoms with van der Waals surface area (Å²) in [5.41, 5.74) is 2.22. The van der Waals surface area contributed by atoms with E-state index in [9.17, 15) is 13.2 Å². The Kier molecular flexibility index (Phi) is 7.63. The largest absolute Gasteiger partial charge is 0.445 e. The Bertz CT molecular complexity index is 1450. The molecule has 0 bridgehead atoms. The predicted octanol–water partition coefficient (Wildman–Crippen LogP) is 4.24. The lowest BCUT2D eigenvalue weighted by atomic mass is 9.98. The molecular weight excluding hydrogens is 486 g/mol. The normalized spacial score (nSPS) is 11.5. The first-order valence-electron chi connectivity index (χ1n) is 11.0. The van der Waals surface area contributed by atoms with Gasteiger partial charge in [0.05, 0.1) is 24.3 Å². The number of benzene rings is 2. The molecule has 4 rings (SSSR count). The maximum absolute atomic E-state index is 14.0. The van der Waals surface area contributed by atoms with Crippen LogP contribution in [0.1, 0.15) is 21.7 Å². The van der Waals surface area contributed by atoms with Gasteiger partial charge in [-0.3, -0.25) is 4.79 Å². The monoisotopic (exact) mass is 511 g/mol. The van der Waals surface area contributed by atoms with Crippen molar-refractivity contribution in [2.45, 2.75) is 18.7 Å². The first-order chi connectivity index (χ1) is 17.4. The van der Waals surface area contributed by atoms with Crippen molar-refractivity contribution in [3.8, 4) is 22.6 Å². The second kappa shape index (κ2) is 10.9. The molecule has 10 nitrogen and oxygen atoms in total. The fourth-order valence-corrected chi connectivity index (χ4v) is 5.17. The number of anilines is 1. The van der Waals surface area contributed by atoms with E-state index in [4.69, 9.17) is 18.4 Å². The average molecular weight is 512 g/mol. The number of hydrogen-bond donors (Lipinski definition) is 0. The number of hydrogen-bond acceptors (Lipinski definition) is 9. The van der Waals surface area contributed by atoms with Gasteiger partial charge in [0.2, 0.25) is 5.89 Å². The van der Waals surface area contributed by atoms with Crippen LogP contribution in [0.3, 0.4) is 0 Å². The van der Waals surface area contributed by atoms with Gasteiger partial charge in [0.25, 0.3) is 10.0 Å². The third-order valence-electron chi connectivity index (χ3n) is 5.61. The summed E-state index contributed by atoms with van der Waals surface area (Å²) in [6.45, 7) is 3.58. The number of sulfonamides is 1. The van der Waals surface area contributed by atoms with Gasteiger partial charge in [-0.1, -0.05) is 29.4 Å². The Morgan fingerprint density at radius 3 is 2.56 bits per heavy atom. The molecule has 0 atom stereocenters. The number of carbonyl (C=O) groups excluding carboxylic acids is 1. The van der Waals surface area contributed by atoms with Crippen LogP contribution in [-0.2, 0) is 19.5 Å². The standard InChI is InChI=1S/C25H25N3O7S/c1-17-18(2)35-27-24(17)28(16-33-13-12-32-3)36(30,31)23-7-5-4-6-22(23)21-9-8-19(14-20(21)15-29)25-26-10-11-34-25/h4-11,14-15H,12-13,16H2,1-3H3. The van der Waals surface area contributed by atoms with E-state index in [0.29, 0.717) is 46.8 Å². The molecule has 0 amide bonds. The molecule has 0 spiro atoms. The molecule has 0 unspecified atom stereocenters. The zero-order chi connectivity index (χ0) is 25.7. The van der Waals surface area contributed by atoms with Crippen molar-refractivity contribution in [2.24, 2.45) is 0 Å². The van der Waals surface area contributed by atoms with Crippen LogP contribution in [0.5, 0.6) is 0 Å². The summed E-state index contributed by atoms with van der Waals surface area (Å²) in [6.07, 6.45) is 3.60. The first kappa shape index (κ1) is 25.3. The lowest BCUT2D eigenvalue weighted by Gasteiger charge is -2.24. The lowest BCUT2D eigenvalue weighted by molar-refractivity contribution is 0.0753. The number of oxazole rings is 1. The highest BCUT2D eigenvalue weighted by atomic mass is 32.2. The van der Waals surface area contributed by atoms with Gasteiger partial charge in [-0.05, 0) is 37.6 Å². The highest BCUT2D eigenvalue weighted by Gasteiger charge is 2.32. The molecule has 0 aliphatic carbocycles. The van der Waals surface area contributed by atoms with Gasteiger partial charge in [-0.2, -0.15) is 0 Å². The zero-order valence-electron chi connectivity index (χ0n) is 20.0. The fourth-order valence-electron chi connectivity index (χ4n) is 3.61. The SMILES string of the molecule is COCCOCN(c1noc(C)c1C)S(=O)(=O)c1ccccc1-c1ccc(-c2ncco2)cc1C=O. The number of nitrogens with zero attached hydrogens (tertiary/aromatic N) is 3. The van der Waals surface area contributed by atoms with Gasteiger partial charge in [0.15, 0.2) is 12.1 Å². The van der Waals surface area contributed by atoms with Crippen LogP contribution in [0.15, 0.2) is 68.8 Å². The maximum Gasteiger partial charge on any atom is 0.268 e. The number of ether oxygens (including phenoxy) is 2. The number of methoxy groups -OCH3 is 1. The predicted molar refractivity (Wildman–Crippen MR) is 131 cm³/mol. The quantitative estimate of drug-likeness (QED) is 0.165. The smallest absolute Gasteiger partial charge is 0.268 e. The van der Waals surface area contributed by atoms with Crippen LogP contribution >= 0.6 is 0 Å². The summed E-state index contributed by atoms with van der Waals surface area (Å²) in [5, 5.41) is 3.97. The van der Waals surface area contributed by atoms with E-state index in [2.05, 4.69) is 10.1 Å². The van der Waals surface area contributed by atoms with Gasteiger partial charge in [-0.15, -0.1) is 0 Å². The zero-order valence-corrected chi connectivity index (χ0v) is 20.8. The summed E-state index contributed by atoms with van der Waals surface area (Å²) in [6, 6.07) is 11.4. The minimum atomic E-state index is -4.21. The third-order valence-corrected chi connectivity index (χ3v) is 7.38. The molecule has 0 radical (unpaired) electrons. The molecule has 0 saturated carbocycles. The van der Waals surface area contributed by atoms with E-state index in [1.807, 2.05) is 0 Å². The second-order valence-corrected chi connectivity index (χ2v) is 9.66. The summed E-state index contributed by atoms with van der Waals surface area (Å²) in [7, 11) is -2.68. The third kappa shape index (κ3) is 4.94. The number of aryl methyl sites for hydroxylation is 1. The van der Waals surface area contributed by atoms with Gasteiger partial charge in [0.1, 0.15) is 18.8 Å². The van der Waals surface area contributed by atoms with Gasteiger partial charge in [-0.25, -0.2) is 17.7 Å². The van der Waals surface area contributed by atoms with E-state index >= 15 is 0 Å². The molecule has 4 aromatic rings. The van der Waals surface area contributed by atoms with Crippen molar-refractivity contribution >= 4 is 22.1 Å². The van der Waals surface area contributed by atoms with Crippen molar-refractivity contribution < 1.29 is 31.6 Å². The molecule has 0 aliphatic heterocycles. The highest BCUT2D eigenvalue weighted by Crippen LogP contribution is 2.35. The average Bonchev–Trinajstić information content (AvgIpc) is 3.54. The Balaban J connectivity index is 1.81. The van der Waals surface area contributed by atoms with Gasteiger partial charge < -0.3 is 18.4 Å². The van der Waals surface area contributed by atoms with Crippen LogP contribution in [0.2, 0.25) is 0 Å². The summed E-state index contributed by atoms with van der Waals surface area (Å²) in [4.78, 5) is 16.1. The number of rotatable bonds is 11. The Morgan fingerprint density at radius 1 is 1.08 bits per heavy atom. The van der Waals surface area contributed by atoms with Gasteiger partial charge >= 0.3 is 0 Å². The topological polar surface area (TPSA) is 125 Å². The molecule has 36 heavy (non-hydrogen) atoms. The summed E-state index contributed by atoms with van der Waals surface area (Å²) in [5.74, 6) is 0.956. The van der Waals surface area contributed by atoms with Crippen molar-refractivity contribution in [3.63, 3.8) is 0 Å². The van der Waals surface area contributed by atoms with Crippen molar-refractivity contribution in [3.05, 3.63) is 71.8 Å². The van der Waals surface area contributed by atoms with E-state index in [1.54, 1.807) is 50.2 Å². The summed E-state index contributed by atoms with van der Waals surface area (Å²) >= 11 is 0. The highest BCUT2D eigenvalue weighted by molar-refractivity contribution is 7.93. The second-order valence-electron chi connectivity index (χ2n) is 7.82. The molecule has 2 heterocycles. The lowest BCUT2D eigenvalue weighted by Crippen LogP contribution is -2.35. The molecule has 11 heteroatoms. The molecule has 2 aromatic carbocycles. The molecule has 0 aliphatic rings. The van der Waals surface area contributed by atoms with Crippen LogP contribution in [0.25, 0.3) is 22.6 Å². The van der Waals surface area contributed by atoms with Crippen LogP contribution < -0.4 is 4.31 Å².